The Labute approximate surface area is 175 Å². The van der Waals surface area contributed by atoms with E-state index >= 15 is 0 Å². The number of benzene rings is 3. The smallest absolute Gasteiger partial charge is 0.264 e. The molecule has 0 aromatic heterocycles. The third-order valence-electron chi connectivity index (χ3n) is 4.29. The van der Waals surface area contributed by atoms with Crippen molar-refractivity contribution in [3.05, 3.63) is 84.4 Å². The predicted molar refractivity (Wildman–Crippen MR) is 119 cm³/mol. The first kappa shape index (κ1) is 21.0. The Bertz CT molecular complexity index is 1100. The van der Waals surface area contributed by atoms with E-state index < -0.39 is 15.9 Å². The van der Waals surface area contributed by atoms with E-state index in [2.05, 4.69) is 5.32 Å². The molecule has 3 aromatic rings. The largest absolute Gasteiger partial charge is 0.323 e. The number of hydrogen-bond acceptors (Lipinski definition) is 4. The zero-order valence-corrected chi connectivity index (χ0v) is 17.8. The molecule has 0 aliphatic heterocycles. The highest BCUT2D eigenvalue weighted by Gasteiger charge is 2.27. The van der Waals surface area contributed by atoms with Crippen LogP contribution >= 0.6 is 11.8 Å². The number of anilines is 2. The summed E-state index contributed by atoms with van der Waals surface area (Å²) in [7, 11) is -3.91. The molecule has 5 nitrogen and oxygen atoms in total. The minimum absolute atomic E-state index is 0.138. The van der Waals surface area contributed by atoms with Gasteiger partial charge < -0.3 is 5.32 Å². The Morgan fingerprint density at radius 3 is 2.34 bits per heavy atom. The van der Waals surface area contributed by atoms with Crippen LogP contribution in [0.5, 0.6) is 0 Å². The Morgan fingerprint density at radius 1 is 0.966 bits per heavy atom. The average molecular weight is 427 g/mol. The van der Waals surface area contributed by atoms with Crippen LogP contribution in [-0.2, 0) is 14.8 Å². The van der Waals surface area contributed by atoms with Crippen LogP contribution in [-0.4, -0.2) is 27.1 Å². The van der Waals surface area contributed by atoms with Crippen LogP contribution in [0.2, 0.25) is 0 Å². The fourth-order valence-electron chi connectivity index (χ4n) is 2.89. The molecule has 29 heavy (non-hydrogen) atoms. The summed E-state index contributed by atoms with van der Waals surface area (Å²) in [4.78, 5) is 13.8. The van der Waals surface area contributed by atoms with Crippen LogP contribution < -0.4 is 9.62 Å². The van der Waals surface area contributed by atoms with Gasteiger partial charge in [-0.05, 0) is 55.1 Å². The maximum absolute atomic E-state index is 13.3. The van der Waals surface area contributed by atoms with Gasteiger partial charge in [0.05, 0.1) is 16.3 Å². The zero-order chi connectivity index (χ0) is 20.9. The Morgan fingerprint density at radius 2 is 1.66 bits per heavy atom. The van der Waals surface area contributed by atoms with E-state index in [4.69, 9.17) is 0 Å². The number of aryl methyl sites for hydroxylation is 1. The van der Waals surface area contributed by atoms with E-state index in [1.165, 1.54) is 23.9 Å². The molecule has 0 saturated heterocycles. The second-order valence-electron chi connectivity index (χ2n) is 6.41. The minimum Gasteiger partial charge on any atom is -0.323 e. The normalized spacial score (nSPS) is 11.1. The molecule has 0 unspecified atom stereocenters. The minimum atomic E-state index is -3.91. The van der Waals surface area contributed by atoms with Crippen molar-refractivity contribution in [2.75, 3.05) is 22.4 Å². The molecular weight excluding hydrogens is 404 g/mol. The van der Waals surface area contributed by atoms with Crippen molar-refractivity contribution in [3.63, 3.8) is 0 Å². The van der Waals surface area contributed by atoms with Gasteiger partial charge in [-0.1, -0.05) is 42.5 Å². The molecule has 0 radical (unpaired) electrons. The molecule has 1 amide bonds. The molecule has 3 aromatic carbocycles. The highest BCUT2D eigenvalue weighted by molar-refractivity contribution is 7.98. The van der Waals surface area contributed by atoms with Gasteiger partial charge in [0, 0.05) is 4.90 Å². The van der Waals surface area contributed by atoms with E-state index in [0.717, 1.165) is 14.8 Å². The van der Waals surface area contributed by atoms with Gasteiger partial charge in [0.1, 0.15) is 6.54 Å². The first-order valence-electron chi connectivity index (χ1n) is 8.99. The van der Waals surface area contributed by atoms with Gasteiger partial charge in [-0.25, -0.2) is 8.42 Å². The summed E-state index contributed by atoms with van der Waals surface area (Å²) in [5.74, 6) is -0.410. The number of nitrogens with zero attached hydrogens (tertiary/aromatic N) is 1. The summed E-state index contributed by atoms with van der Waals surface area (Å²) < 4.78 is 27.7. The average Bonchev–Trinajstić information content (AvgIpc) is 2.73. The van der Waals surface area contributed by atoms with E-state index in [9.17, 15) is 13.2 Å². The number of hydrogen-bond donors (Lipinski definition) is 1. The van der Waals surface area contributed by atoms with Crippen molar-refractivity contribution in [2.45, 2.75) is 16.7 Å². The molecule has 7 heteroatoms. The van der Waals surface area contributed by atoms with Gasteiger partial charge >= 0.3 is 0 Å². The molecule has 0 heterocycles. The first-order valence-corrected chi connectivity index (χ1v) is 11.7. The SMILES string of the molecule is CSc1ccccc1NC(=O)CN(c1cccc(C)c1)S(=O)(=O)c1ccccc1. The predicted octanol–water partition coefficient (Wildman–Crippen LogP) is 4.55. The quantitative estimate of drug-likeness (QED) is 0.563. The lowest BCUT2D eigenvalue weighted by Gasteiger charge is -2.24. The number of sulfonamides is 1. The third kappa shape index (κ3) is 4.99. The van der Waals surface area contributed by atoms with Gasteiger partial charge in [0.25, 0.3) is 10.0 Å². The van der Waals surface area contributed by atoms with Gasteiger partial charge in [0.2, 0.25) is 5.91 Å². The van der Waals surface area contributed by atoms with Crippen LogP contribution in [0, 0.1) is 6.92 Å². The maximum Gasteiger partial charge on any atom is 0.264 e. The molecule has 3 rings (SSSR count). The van der Waals surface area contributed by atoms with Crippen LogP contribution in [0.15, 0.2) is 88.7 Å². The molecule has 0 spiro atoms. The molecule has 0 fully saturated rings. The molecule has 0 aliphatic rings. The maximum atomic E-state index is 13.3. The van der Waals surface area contributed by atoms with Crippen LogP contribution in [0.3, 0.4) is 0 Å². The standard InChI is InChI=1S/C22H22N2O3S2/c1-17-9-8-10-18(15-17)24(29(26,27)19-11-4-3-5-12-19)16-22(25)23-20-13-6-7-14-21(20)28-2/h3-15H,16H2,1-2H3,(H,23,25). The molecule has 0 aliphatic carbocycles. The van der Waals surface area contributed by atoms with Gasteiger partial charge in [-0.15, -0.1) is 11.8 Å². The second-order valence-corrected chi connectivity index (χ2v) is 9.12. The van der Waals surface area contributed by atoms with E-state index in [-0.39, 0.29) is 11.4 Å². The molecule has 1 N–H and O–H groups in total. The lowest BCUT2D eigenvalue weighted by molar-refractivity contribution is -0.114. The van der Waals surface area contributed by atoms with Crippen LogP contribution in [0.1, 0.15) is 5.56 Å². The molecule has 150 valence electrons. The Balaban J connectivity index is 1.95. The van der Waals surface area contributed by atoms with E-state index in [1.54, 1.807) is 42.5 Å². The number of para-hydroxylation sites is 1. The fourth-order valence-corrected chi connectivity index (χ4v) is 4.87. The van der Waals surface area contributed by atoms with Gasteiger partial charge in [-0.2, -0.15) is 0 Å². The van der Waals surface area contributed by atoms with E-state index in [0.29, 0.717) is 11.4 Å². The first-order chi connectivity index (χ1) is 13.9. The summed E-state index contributed by atoms with van der Waals surface area (Å²) in [6.45, 7) is 1.55. The van der Waals surface area contributed by atoms with Crippen molar-refractivity contribution in [1.82, 2.24) is 0 Å². The van der Waals surface area contributed by atoms with Crippen LogP contribution in [0.4, 0.5) is 11.4 Å². The molecule has 0 atom stereocenters. The monoisotopic (exact) mass is 426 g/mol. The Hall–Kier alpha value is -2.77. The van der Waals surface area contributed by atoms with Crippen molar-refractivity contribution >= 4 is 39.1 Å². The van der Waals surface area contributed by atoms with Crippen molar-refractivity contribution < 1.29 is 13.2 Å². The zero-order valence-electron chi connectivity index (χ0n) is 16.2. The van der Waals surface area contributed by atoms with Crippen molar-refractivity contribution in [1.29, 1.82) is 0 Å². The van der Waals surface area contributed by atoms with Crippen molar-refractivity contribution in [3.8, 4) is 0 Å². The molecule has 0 saturated carbocycles. The summed E-state index contributed by atoms with van der Waals surface area (Å²) in [5.41, 5.74) is 2.01. The van der Waals surface area contributed by atoms with Gasteiger partial charge in [0.15, 0.2) is 0 Å². The number of nitrogens with one attached hydrogen (secondary N) is 1. The molecule has 0 bridgehead atoms. The topological polar surface area (TPSA) is 66.5 Å². The highest BCUT2D eigenvalue weighted by Crippen LogP contribution is 2.26. The van der Waals surface area contributed by atoms with Crippen LogP contribution in [0.25, 0.3) is 0 Å². The lowest BCUT2D eigenvalue weighted by Crippen LogP contribution is -2.38. The summed E-state index contributed by atoms with van der Waals surface area (Å²) in [5, 5.41) is 2.83. The highest BCUT2D eigenvalue weighted by atomic mass is 32.2. The fraction of sp³-hybridized carbons (Fsp3) is 0.136. The molecular formula is C22H22N2O3S2. The number of rotatable bonds is 7. The number of carbonyl (C=O) groups is 1. The second kappa shape index (κ2) is 9.15. The number of amides is 1. The van der Waals surface area contributed by atoms with Crippen molar-refractivity contribution in [2.24, 2.45) is 0 Å². The Kier molecular flexibility index (Phi) is 6.61. The van der Waals surface area contributed by atoms with E-state index in [1.807, 2.05) is 37.4 Å². The summed E-state index contributed by atoms with van der Waals surface area (Å²) in [6.07, 6.45) is 1.92. The number of thioether (sulfide) groups is 1. The third-order valence-corrected chi connectivity index (χ3v) is 6.87. The summed E-state index contributed by atoms with van der Waals surface area (Å²) in [6, 6.07) is 22.7. The van der Waals surface area contributed by atoms with Gasteiger partial charge in [-0.3, -0.25) is 9.10 Å². The number of carbonyl (C=O) groups excluding carboxylic acids is 1. The summed E-state index contributed by atoms with van der Waals surface area (Å²) >= 11 is 1.51. The lowest BCUT2D eigenvalue weighted by atomic mass is 10.2.